The summed E-state index contributed by atoms with van der Waals surface area (Å²) in [5.41, 5.74) is 2.60. The van der Waals surface area contributed by atoms with Gasteiger partial charge in [0.1, 0.15) is 0 Å². The topological polar surface area (TPSA) is 68.8 Å². The van der Waals surface area contributed by atoms with Crippen LogP contribution in [0.5, 0.6) is 0 Å². The summed E-state index contributed by atoms with van der Waals surface area (Å²) in [5, 5.41) is 9.58. The third kappa shape index (κ3) is 7.04. The number of hydrogen-bond acceptors (Lipinski definition) is 3. The van der Waals surface area contributed by atoms with Gasteiger partial charge in [0.2, 0.25) is 5.91 Å². The van der Waals surface area contributed by atoms with Gasteiger partial charge in [-0.15, -0.1) is 0 Å². The summed E-state index contributed by atoms with van der Waals surface area (Å²) in [7, 11) is 1.69. The number of carbonyl (C=O) groups excluding carboxylic acids is 1. The summed E-state index contributed by atoms with van der Waals surface area (Å²) in [6.45, 7) is 8.19. The van der Waals surface area contributed by atoms with Crippen molar-refractivity contribution in [2.75, 3.05) is 39.8 Å². The predicted octanol–water partition coefficient (Wildman–Crippen LogP) is 1.30. The number of guanidine groups is 1. The Morgan fingerprint density at radius 2 is 1.92 bits per heavy atom. The molecule has 0 aliphatic carbocycles. The van der Waals surface area contributed by atoms with Crippen molar-refractivity contribution in [2.45, 2.75) is 39.2 Å². The van der Waals surface area contributed by atoms with Crippen molar-refractivity contribution in [1.29, 1.82) is 0 Å². The molecule has 0 saturated carbocycles. The van der Waals surface area contributed by atoms with Gasteiger partial charge in [-0.05, 0) is 38.7 Å². The number of likely N-dealkylation sites (N-methyl/N-ethyl adjacent to an activating group) is 1. The molecule has 0 unspecified atom stereocenters. The minimum absolute atomic E-state index is 0.0856. The Bertz CT molecular complexity index is 576. The maximum atomic E-state index is 11.5. The lowest BCUT2D eigenvalue weighted by molar-refractivity contribution is -0.122. The molecule has 1 fully saturated rings. The third-order valence-electron chi connectivity index (χ3n) is 4.71. The first kappa shape index (κ1) is 20.2. The van der Waals surface area contributed by atoms with E-state index in [1.54, 1.807) is 7.05 Å². The van der Waals surface area contributed by atoms with E-state index in [0.717, 1.165) is 51.4 Å². The minimum atomic E-state index is 0.0856. The second kappa shape index (κ2) is 10.8. The fourth-order valence-corrected chi connectivity index (χ4v) is 3.08. The lowest BCUT2D eigenvalue weighted by Crippen LogP contribution is -2.50. The first-order chi connectivity index (χ1) is 12.6. The van der Waals surface area contributed by atoms with Crippen molar-refractivity contribution in [3.05, 3.63) is 35.4 Å². The van der Waals surface area contributed by atoms with Crippen LogP contribution in [-0.4, -0.2) is 62.6 Å². The highest BCUT2D eigenvalue weighted by atomic mass is 16.1. The van der Waals surface area contributed by atoms with Gasteiger partial charge >= 0.3 is 0 Å². The maximum absolute atomic E-state index is 11.5. The number of rotatable bonds is 7. The van der Waals surface area contributed by atoms with Gasteiger partial charge in [-0.1, -0.05) is 29.8 Å². The molecule has 0 aromatic heterocycles. The number of piperidine rings is 1. The normalized spacial score (nSPS) is 16.3. The van der Waals surface area contributed by atoms with E-state index in [4.69, 9.17) is 4.99 Å². The van der Waals surface area contributed by atoms with Gasteiger partial charge in [0, 0.05) is 39.3 Å². The van der Waals surface area contributed by atoms with E-state index in [1.165, 1.54) is 11.1 Å². The highest BCUT2D eigenvalue weighted by molar-refractivity contribution is 5.80. The lowest BCUT2D eigenvalue weighted by Gasteiger charge is -2.32. The number of hydrogen-bond donors (Lipinski definition) is 3. The molecular weight excluding hydrogens is 326 g/mol. The molecule has 0 spiro atoms. The van der Waals surface area contributed by atoms with Gasteiger partial charge in [-0.25, -0.2) is 0 Å². The van der Waals surface area contributed by atoms with Crippen LogP contribution in [0.25, 0.3) is 0 Å². The highest BCUT2D eigenvalue weighted by Gasteiger charge is 2.21. The van der Waals surface area contributed by atoms with Crippen molar-refractivity contribution < 1.29 is 4.79 Å². The zero-order valence-electron chi connectivity index (χ0n) is 16.3. The van der Waals surface area contributed by atoms with Crippen LogP contribution < -0.4 is 16.0 Å². The Kier molecular flexibility index (Phi) is 8.41. The van der Waals surface area contributed by atoms with Crippen molar-refractivity contribution in [2.24, 2.45) is 4.99 Å². The Morgan fingerprint density at radius 3 is 2.54 bits per heavy atom. The Balaban J connectivity index is 1.78. The third-order valence-corrected chi connectivity index (χ3v) is 4.71. The molecule has 1 aromatic carbocycles. The number of amides is 1. The predicted molar refractivity (Wildman–Crippen MR) is 108 cm³/mol. The molecule has 144 valence electrons. The maximum Gasteiger partial charge on any atom is 0.233 e. The molecule has 6 heteroatoms. The SMILES string of the molecule is CCNC(=NCCc1ccc(C)cc1)NC1CCN(CC(=O)NC)CC1. The van der Waals surface area contributed by atoms with Crippen molar-refractivity contribution >= 4 is 11.9 Å². The van der Waals surface area contributed by atoms with Crippen LogP contribution in [0.4, 0.5) is 0 Å². The van der Waals surface area contributed by atoms with Gasteiger partial charge in [0.15, 0.2) is 5.96 Å². The van der Waals surface area contributed by atoms with Gasteiger partial charge < -0.3 is 16.0 Å². The van der Waals surface area contributed by atoms with E-state index < -0.39 is 0 Å². The summed E-state index contributed by atoms with van der Waals surface area (Å²) < 4.78 is 0. The van der Waals surface area contributed by atoms with Crippen molar-refractivity contribution in [3.8, 4) is 0 Å². The standard InChI is InChI=1S/C20H33N5O/c1-4-22-20(23-12-9-17-7-5-16(2)6-8-17)24-18-10-13-25(14-11-18)15-19(26)21-3/h5-8,18H,4,9-15H2,1-3H3,(H,21,26)(H2,22,23,24). The molecule has 0 atom stereocenters. The van der Waals surface area contributed by atoms with E-state index in [-0.39, 0.29) is 5.91 Å². The van der Waals surface area contributed by atoms with E-state index >= 15 is 0 Å². The largest absolute Gasteiger partial charge is 0.358 e. The van der Waals surface area contributed by atoms with E-state index in [1.807, 2.05) is 0 Å². The van der Waals surface area contributed by atoms with Gasteiger partial charge in [0.25, 0.3) is 0 Å². The molecule has 1 aromatic rings. The van der Waals surface area contributed by atoms with E-state index in [0.29, 0.717) is 12.6 Å². The molecule has 3 N–H and O–H groups in total. The molecule has 2 rings (SSSR count). The first-order valence-electron chi connectivity index (χ1n) is 9.64. The van der Waals surface area contributed by atoms with Crippen molar-refractivity contribution in [3.63, 3.8) is 0 Å². The van der Waals surface area contributed by atoms with Crippen LogP contribution in [-0.2, 0) is 11.2 Å². The number of nitrogens with one attached hydrogen (secondary N) is 3. The van der Waals surface area contributed by atoms with Crippen molar-refractivity contribution in [1.82, 2.24) is 20.9 Å². The smallest absolute Gasteiger partial charge is 0.233 e. The van der Waals surface area contributed by atoms with Crippen LogP contribution in [0.2, 0.25) is 0 Å². The summed E-state index contributed by atoms with van der Waals surface area (Å²) >= 11 is 0. The van der Waals surface area contributed by atoms with Gasteiger partial charge in [0.05, 0.1) is 6.54 Å². The summed E-state index contributed by atoms with van der Waals surface area (Å²) in [6.07, 6.45) is 3.00. The molecule has 26 heavy (non-hydrogen) atoms. The summed E-state index contributed by atoms with van der Waals surface area (Å²) in [4.78, 5) is 18.4. The molecule has 1 heterocycles. The highest BCUT2D eigenvalue weighted by Crippen LogP contribution is 2.10. The van der Waals surface area contributed by atoms with Crippen LogP contribution in [0, 0.1) is 6.92 Å². The number of carbonyl (C=O) groups is 1. The monoisotopic (exact) mass is 359 g/mol. The summed E-state index contributed by atoms with van der Waals surface area (Å²) in [6, 6.07) is 9.05. The fourth-order valence-electron chi connectivity index (χ4n) is 3.08. The molecular formula is C20H33N5O. The zero-order chi connectivity index (χ0) is 18.8. The van der Waals surface area contributed by atoms with E-state index in [2.05, 4.69) is 59.0 Å². The average Bonchev–Trinajstić information content (AvgIpc) is 2.65. The average molecular weight is 360 g/mol. The second-order valence-electron chi connectivity index (χ2n) is 6.86. The van der Waals surface area contributed by atoms with E-state index in [9.17, 15) is 4.79 Å². The Labute approximate surface area is 157 Å². The van der Waals surface area contributed by atoms with Crippen LogP contribution >= 0.6 is 0 Å². The molecule has 0 radical (unpaired) electrons. The molecule has 0 bridgehead atoms. The molecule has 1 saturated heterocycles. The van der Waals surface area contributed by atoms with Crippen LogP contribution in [0.3, 0.4) is 0 Å². The van der Waals surface area contributed by atoms with Crippen LogP contribution in [0.15, 0.2) is 29.3 Å². The van der Waals surface area contributed by atoms with Gasteiger partial charge in [-0.3, -0.25) is 14.7 Å². The Morgan fingerprint density at radius 1 is 1.23 bits per heavy atom. The zero-order valence-corrected chi connectivity index (χ0v) is 16.3. The number of nitrogens with zero attached hydrogens (tertiary/aromatic N) is 2. The molecule has 6 nitrogen and oxygen atoms in total. The Hall–Kier alpha value is -2.08. The lowest BCUT2D eigenvalue weighted by atomic mass is 10.1. The van der Waals surface area contributed by atoms with Crippen LogP contribution in [0.1, 0.15) is 30.9 Å². The molecule has 1 aliphatic heterocycles. The molecule has 1 amide bonds. The number of aryl methyl sites for hydroxylation is 1. The molecule has 1 aliphatic rings. The number of benzene rings is 1. The summed E-state index contributed by atoms with van der Waals surface area (Å²) in [5.74, 6) is 0.978. The number of likely N-dealkylation sites (tertiary alicyclic amines) is 1. The minimum Gasteiger partial charge on any atom is -0.358 e. The van der Waals surface area contributed by atoms with Gasteiger partial charge in [-0.2, -0.15) is 0 Å². The quantitative estimate of drug-likeness (QED) is 0.507. The fraction of sp³-hybridized carbons (Fsp3) is 0.600. The number of aliphatic imine (C=N–C) groups is 1. The second-order valence-corrected chi connectivity index (χ2v) is 6.86. The first-order valence-corrected chi connectivity index (χ1v) is 9.64.